The lowest BCUT2D eigenvalue weighted by Gasteiger charge is -2.34. The average molecular weight is 280 g/mol. The molecular formula is C14H18ClN3O. The van der Waals surface area contributed by atoms with Crippen molar-refractivity contribution < 1.29 is 4.74 Å². The van der Waals surface area contributed by atoms with Gasteiger partial charge >= 0.3 is 0 Å². The van der Waals surface area contributed by atoms with Gasteiger partial charge in [-0.25, -0.2) is 0 Å². The van der Waals surface area contributed by atoms with Crippen LogP contribution in [0, 0.1) is 5.92 Å². The van der Waals surface area contributed by atoms with Gasteiger partial charge in [-0.1, -0.05) is 23.7 Å². The molecule has 2 unspecified atom stereocenters. The third-order valence-electron chi connectivity index (χ3n) is 3.87. The van der Waals surface area contributed by atoms with E-state index in [1.165, 1.54) is 0 Å². The molecule has 0 aromatic heterocycles. The van der Waals surface area contributed by atoms with Gasteiger partial charge in [0.2, 0.25) is 0 Å². The highest BCUT2D eigenvalue weighted by Gasteiger charge is 2.35. The molecule has 2 aliphatic rings. The molecule has 2 N–H and O–H groups in total. The summed E-state index contributed by atoms with van der Waals surface area (Å²) in [6, 6.07) is 8.04. The summed E-state index contributed by atoms with van der Waals surface area (Å²) in [7, 11) is 0. The fourth-order valence-electron chi connectivity index (χ4n) is 2.89. The molecule has 19 heavy (non-hydrogen) atoms. The lowest BCUT2D eigenvalue weighted by atomic mass is 9.93. The molecule has 0 amide bonds. The zero-order chi connectivity index (χ0) is 13.2. The quantitative estimate of drug-likeness (QED) is 0.903. The Morgan fingerprint density at radius 1 is 1.37 bits per heavy atom. The van der Waals surface area contributed by atoms with Crippen molar-refractivity contribution in [3.05, 3.63) is 29.3 Å². The molecule has 1 aromatic rings. The SMILES string of the molecule is NC1=NCC(C2CCCOC2)N1c1ccccc1Cl. The number of hydrogen-bond acceptors (Lipinski definition) is 4. The molecule has 1 aromatic carbocycles. The van der Waals surface area contributed by atoms with Crippen LogP contribution in [-0.2, 0) is 4.74 Å². The topological polar surface area (TPSA) is 50.9 Å². The summed E-state index contributed by atoms with van der Waals surface area (Å²) < 4.78 is 5.59. The molecule has 0 radical (unpaired) electrons. The highest BCUT2D eigenvalue weighted by molar-refractivity contribution is 6.33. The predicted octanol–water partition coefficient (Wildman–Crippen LogP) is 2.27. The van der Waals surface area contributed by atoms with E-state index in [2.05, 4.69) is 9.89 Å². The maximum Gasteiger partial charge on any atom is 0.196 e. The molecule has 5 heteroatoms. The molecule has 0 bridgehead atoms. The summed E-state index contributed by atoms with van der Waals surface area (Å²) in [6.45, 7) is 2.38. The number of benzene rings is 1. The number of para-hydroxylation sites is 1. The minimum absolute atomic E-state index is 0.264. The largest absolute Gasteiger partial charge is 0.381 e. The number of rotatable bonds is 2. The maximum atomic E-state index is 6.29. The minimum atomic E-state index is 0.264. The summed E-state index contributed by atoms with van der Waals surface area (Å²) in [6.07, 6.45) is 2.27. The van der Waals surface area contributed by atoms with Gasteiger partial charge in [0.1, 0.15) is 0 Å². The summed E-state index contributed by atoms with van der Waals surface area (Å²) in [4.78, 5) is 6.47. The molecule has 0 aliphatic carbocycles. The lowest BCUT2D eigenvalue weighted by molar-refractivity contribution is 0.0473. The fraction of sp³-hybridized carbons (Fsp3) is 0.500. The highest BCUT2D eigenvalue weighted by atomic mass is 35.5. The zero-order valence-electron chi connectivity index (χ0n) is 10.8. The summed E-state index contributed by atoms with van der Waals surface area (Å²) in [5, 5.41) is 0.712. The molecule has 2 atom stereocenters. The monoisotopic (exact) mass is 279 g/mol. The number of hydrogen-bond donors (Lipinski definition) is 1. The van der Waals surface area contributed by atoms with Gasteiger partial charge < -0.3 is 15.4 Å². The molecular weight excluding hydrogens is 262 g/mol. The first kappa shape index (κ1) is 12.8. The smallest absolute Gasteiger partial charge is 0.196 e. The Hall–Kier alpha value is -1.26. The lowest BCUT2D eigenvalue weighted by Crippen LogP contribution is -2.47. The van der Waals surface area contributed by atoms with E-state index >= 15 is 0 Å². The Bertz CT molecular complexity index is 485. The van der Waals surface area contributed by atoms with Gasteiger partial charge in [0.15, 0.2) is 5.96 Å². The van der Waals surface area contributed by atoms with E-state index in [0.29, 0.717) is 16.9 Å². The third kappa shape index (κ3) is 2.42. The van der Waals surface area contributed by atoms with Crippen molar-refractivity contribution in [3.63, 3.8) is 0 Å². The molecule has 3 rings (SSSR count). The van der Waals surface area contributed by atoms with E-state index in [1.807, 2.05) is 24.3 Å². The highest BCUT2D eigenvalue weighted by Crippen LogP contribution is 2.33. The predicted molar refractivity (Wildman–Crippen MR) is 77.8 cm³/mol. The first-order chi connectivity index (χ1) is 9.27. The van der Waals surface area contributed by atoms with Crippen molar-refractivity contribution in [2.45, 2.75) is 18.9 Å². The number of nitrogens with two attached hydrogens (primary N) is 1. The maximum absolute atomic E-state index is 6.29. The molecule has 0 saturated carbocycles. The van der Waals surface area contributed by atoms with E-state index in [0.717, 1.165) is 38.3 Å². The second kappa shape index (κ2) is 5.39. The summed E-state index contributed by atoms with van der Waals surface area (Å²) >= 11 is 6.29. The van der Waals surface area contributed by atoms with Crippen LogP contribution in [0.4, 0.5) is 5.69 Å². The molecule has 1 fully saturated rings. The van der Waals surface area contributed by atoms with E-state index in [9.17, 15) is 0 Å². The first-order valence-corrected chi connectivity index (χ1v) is 7.06. The number of guanidine groups is 1. The third-order valence-corrected chi connectivity index (χ3v) is 4.19. The van der Waals surface area contributed by atoms with Gasteiger partial charge in [0.05, 0.1) is 29.9 Å². The van der Waals surface area contributed by atoms with Crippen LogP contribution in [0.2, 0.25) is 5.02 Å². The molecule has 2 aliphatic heterocycles. The van der Waals surface area contributed by atoms with Crippen molar-refractivity contribution in [3.8, 4) is 0 Å². The Morgan fingerprint density at radius 2 is 2.21 bits per heavy atom. The average Bonchev–Trinajstić information content (AvgIpc) is 2.82. The van der Waals surface area contributed by atoms with Crippen molar-refractivity contribution in [1.29, 1.82) is 0 Å². The number of anilines is 1. The molecule has 4 nitrogen and oxygen atoms in total. The Labute approximate surface area is 118 Å². The number of halogens is 1. The van der Waals surface area contributed by atoms with Crippen LogP contribution in [0.1, 0.15) is 12.8 Å². The van der Waals surface area contributed by atoms with Crippen LogP contribution >= 0.6 is 11.6 Å². The van der Waals surface area contributed by atoms with Gasteiger partial charge in [0, 0.05) is 12.5 Å². The van der Waals surface area contributed by atoms with Crippen LogP contribution in [0.25, 0.3) is 0 Å². The number of ether oxygens (including phenoxy) is 1. The minimum Gasteiger partial charge on any atom is -0.381 e. The first-order valence-electron chi connectivity index (χ1n) is 6.69. The van der Waals surface area contributed by atoms with Gasteiger partial charge in [-0.05, 0) is 25.0 Å². The molecule has 102 valence electrons. The fourth-order valence-corrected chi connectivity index (χ4v) is 3.12. The standard InChI is InChI=1S/C14H18ClN3O/c15-11-5-1-2-6-12(11)18-13(8-17-14(18)16)10-4-3-7-19-9-10/h1-2,5-6,10,13H,3-4,7-9H2,(H2,16,17). The Kier molecular flexibility index (Phi) is 3.62. The van der Waals surface area contributed by atoms with Crippen molar-refractivity contribution in [2.24, 2.45) is 16.6 Å². The van der Waals surface area contributed by atoms with Crippen molar-refractivity contribution in [2.75, 3.05) is 24.7 Å². The second-order valence-electron chi connectivity index (χ2n) is 5.06. The van der Waals surface area contributed by atoms with Crippen LogP contribution in [0.3, 0.4) is 0 Å². The molecule has 0 spiro atoms. The summed E-state index contributed by atoms with van der Waals surface area (Å²) in [5.41, 5.74) is 7.00. The van der Waals surface area contributed by atoms with E-state index in [-0.39, 0.29) is 6.04 Å². The van der Waals surface area contributed by atoms with Gasteiger partial charge in [-0.3, -0.25) is 4.99 Å². The van der Waals surface area contributed by atoms with E-state index in [4.69, 9.17) is 22.1 Å². The van der Waals surface area contributed by atoms with E-state index < -0.39 is 0 Å². The van der Waals surface area contributed by atoms with Crippen LogP contribution in [-0.4, -0.2) is 31.8 Å². The van der Waals surface area contributed by atoms with Gasteiger partial charge in [0.25, 0.3) is 0 Å². The normalized spacial score (nSPS) is 27.4. The van der Waals surface area contributed by atoms with Crippen LogP contribution in [0.15, 0.2) is 29.3 Å². The van der Waals surface area contributed by atoms with E-state index in [1.54, 1.807) is 0 Å². The zero-order valence-corrected chi connectivity index (χ0v) is 11.5. The van der Waals surface area contributed by atoms with Gasteiger partial charge in [-0.15, -0.1) is 0 Å². The van der Waals surface area contributed by atoms with Crippen LogP contribution in [0.5, 0.6) is 0 Å². The number of aliphatic imine (C=N–C) groups is 1. The van der Waals surface area contributed by atoms with Crippen LogP contribution < -0.4 is 10.6 Å². The summed E-state index contributed by atoms with van der Waals surface area (Å²) in [5.74, 6) is 1.03. The Morgan fingerprint density at radius 3 is 2.95 bits per heavy atom. The van der Waals surface area contributed by atoms with Crippen molar-refractivity contribution >= 4 is 23.2 Å². The molecule has 1 saturated heterocycles. The molecule has 2 heterocycles. The Balaban J connectivity index is 1.88. The second-order valence-corrected chi connectivity index (χ2v) is 5.47. The van der Waals surface area contributed by atoms with Gasteiger partial charge in [-0.2, -0.15) is 0 Å². The number of nitrogens with zero attached hydrogens (tertiary/aromatic N) is 2. The van der Waals surface area contributed by atoms with Crippen molar-refractivity contribution in [1.82, 2.24) is 0 Å².